The molecule has 1 fully saturated rings. The molecule has 1 amide bonds. The summed E-state index contributed by atoms with van der Waals surface area (Å²) in [6.45, 7) is 4.90. The van der Waals surface area contributed by atoms with Crippen LogP contribution >= 0.6 is 11.6 Å². The third-order valence-electron chi connectivity index (χ3n) is 5.09. The second-order valence-electron chi connectivity index (χ2n) is 7.15. The van der Waals surface area contributed by atoms with Crippen LogP contribution in [0.5, 0.6) is 0 Å². The van der Waals surface area contributed by atoms with Crippen LogP contribution in [0.3, 0.4) is 0 Å². The monoisotopic (exact) mass is 401 g/mol. The van der Waals surface area contributed by atoms with E-state index in [-0.39, 0.29) is 11.8 Å². The number of anilines is 1. The summed E-state index contributed by atoms with van der Waals surface area (Å²) in [6, 6.07) is 5.94. The number of nitrogens with zero attached hydrogens (tertiary/aromatic N) is 4. The average Bonchev–Trinajstić information content (AvgIpc) is 3.33. The van der Waals surface area contributed by atoms with Crippen molar-refractivity contribution in [2.24, 2.45) is 5.92 Å². The molecule has 1 saturated heterocycles. The van der Waals surface area contributed by atoms with Crippen molar-refractivity contribution in [2.75, 3.05) is 18.0 Å². The van der Waals surface area contributed by atoms with Gasteiger partial charge in [0.25, 0.3) is 6.01 Å². The molecule has 1 aromatic carbocycles. The van der Waals surface area contributed by atoms with Gasteiger partial charge in [-0.1, -0.05) is 18.5 Å². The van der Waals surface area contributed by atoms with Crippen molar-refractivity contribution in [1.82, 2.24) is 19.9 Å². The quantitative estimate of drug-likeness (QED) is 0.682. The molecule has 1 atom stereocenters. The van der Waals surface area contributed by atoms with Crippen LogP contribution in [0.25, 0.3) is 11.1 Å². The Kier molecular flexibility index (Phi) is 5.52. The number of aromatic nitrogens is 3. The van der Waals surface area contributed by atoms with E-state index < -0.39 is 0 Å². The van der Waals surface area contributed by atoms with Crippen LogP contribution in [0.1, 0.15) is 32.0 Å². The van der Waals surface area contributed by atoms with Crippen molar-refractivity contribution in [3.63, 3.8) is 0 Å². The highest BCUT2D eigenvalue weighted by molar-refractivity contribution is 6.31. The Balaban J connectivity index is 1.39. The Morgan fingerprint density at radius 1 is 1.43 bits per heavy atom. The van der Waals surface area contributed by atoms with Crippen LogP contribution in [0.4, 0.5) is 6.01 Å². The van der Waals surface area contributed by atoms with Crippen LogP contribution in [0, 0.1) is 5.92 Å². The molecule has 1 N–H and O–H groups in total. The third kappa shape index (κ3) is 3.99. The second-order valence-corrected chi connectivity index (χ2v) is 7.58. The van der Waals surface area contributed by atoms with Crippen molar-refractivity contribution >= 4 is 34.6 Å². The first kappa shape index (κ1) is 18.8. The summed E-state index contributed by atoms with van der Waals surface area (Å²) >= 11 is 6.03. The molecule has 3 aromatic rings. The maximum atomic E-state index is 12.7. The normalized spacial score (nSPS) is 17.2. The van der Waals surface area contributed by atoms with E-state index in [2.05, 4.69) is 26.8 Å². The van der Waals surface area contributed by atoms with E-state index in [1.807, 2.05) is 17.2 Å². The highest BCUT2D eigenvalue weighted by Gasteiger charge is 2.28. The first-order valence-electron chi connectivity index (χ1n) is 9.73. The summed E-state index contributed by atoms with van der Waals surface area (Å²) in [5.74, 6) is 0.843. The van der Waals surface area contributed by atoms with Crippen LogP contribution in [0.15, 0.2) is 35.0 Å². The maximum Gasteiger partial charge on any atom is 0.298 e. The molecule has 28 heavy (non-hydrogen) atoms. The van der Waals surface area contributed by atoms with Gasteiger partial charge in [-0.25, -0.2) is 4.98 Å². The molecule has 4 rings (SSSR count). The largest absolute Gasteiger partial charge is 0.423 e. The smallest absolute Gasteiger partial charge is 0.298 e. The van der Waals surface area contributed by atoms with E-state index in [0.717, 1.165) is 43.7 Å². The molecule has 0 aliphatic carbocycles. The van der Waals surface area contributed by atoms with E-state index >= 15 is 0 Å². The van der Waals surface area contributed by atoms with Crippen molar-refractivity contribution in [3.8, 4) is 0 Å². The van der Waals surface area contributed by atoms with Gasteiger partial charge in [-0.3, -0.25) is 4.79 Å². The van der Waals surface area contributed by atoms with E-state index in [0.29, 0.717) is 29.7 Å². The number of rotatable bonds is 6. The summed E-state index contributed by atoms with van der Waals surface area (Å²) in [5, 5.41) is 3.67. The molecule has 7 nitrogen and oxygen atoms in total. The molecule has 3 heterocycles. The summed E-state index contributed by atoms with van der Waals surface area (Å²) in [5.41, 5.74) is 1.44. The molecule has 1 unspecified atom stereocenters. The number of carbonyl (C=O) groups is 1. The highest BCUT2D eigenvalue weighted by Crippen LogP contribution is 2.28. The van der Waals surface area contributed by atoms with Crippen molar-refractivity contribution in [1.29, 1.82) is 0 Å². The lowest BCUT2D eigenvalue weighted by Gasteiger charge is -2.30. The van der Waals surface area contributed by atoms with Crippen LogP contribution in [-0.2, 0) is 17.9 Å². The number of imidazole rings is 1. The lowest BCUT2D eigenvalue weighted by atomic mass is 9.97. The molecule has 1 aliphatic rings. The molecule has 0 radical (unpaired) electrons. The first-order chi connectivity index (χ1) is 13.6. The third-order valence-corrected chi connectivity index (χ3v) is 5.32. The highest BCUT2D eigenvalue weighted by atomic mass is 35.5. The number of aryl methyl sites for hydroxylation is 1. The fraction of sp³-hybridized carbons (Fsp3) is 0.450. The van der Waals surface area contributed by atoms with Crippen LogP contribution in [-0.4, -0.2) is 33.5 Å². The summed E-state index contributed by atoms with van der Waals surface area (Å²) in [7, 11) is 0. The van der Waals surface area contributed by atoms with Gasteiger partial charge >= 0.3 is 0 Å². The SMILES string of the molecule is CCCn1ccnc1CNC(=O)C1CCCN(c2nc3cc(Cl)ccc3o2)C1. The minimum atomic E-state index is -0.0954. The average molecular weight is 402 g/mol. The topological polar surface area (TPSA) is 76.2 Å². The number of carbonyl (C=O) groups excluding carboxylic acids is 1. The van der Waals surface area contributed by atoms with E-state index in [9.17, 15) is 4.79 Å². The van der Waals surface area contributed by atoms with Crippen LogP contribution in [0.2, 0.25) is 5.02 Å². The number of hydrogen-bond acceptors (Lipinski definition) is 5. The zero-order valence-electron chi connectivity index (χ0n) is 15.9. The molecule has 8 heteroatoms. The molecular formula is C20H24ClN5O2. The van der Waals surface area contributed by atoms with Gasteiger partial charge in [-0.15, -0.1) is 0 Å². The number of amides is 1. The fourth-order valence-electron chi connectivity index (χ4n) is 3.65. The predicted octanol–water partition coefficient (Wildman–Crippen LogP) is 3.62. The van der Waals surface area contributed by atoms with Gasteiger partial charge in [-0.05, 0) is 37.5 Å². The van der Waals surface area contributed by atoms with Crippen molar-refractivity contribution in [3.05, 3.63) is 41.4 Å². The standard InChI is InChI=1S/C20H24ClN5O2/c1-2-8-25-10-7-22-18(25)12-23-19(27)14-4-3-9-26(13-14)20-24-16-11-15(21)5-6-17(16)28-20/h5-7,10-11,14H,2-4,8-9,12-13H2,1H3,(H,23,27). The zero-order valence-corrected chi connectivity index (χ0v) is 16.7. The summed E-state index contributed by atoms with van der Waals surface area (Å²) < 4.78 is 7.94. The van der Waals surface area contributed by atoms with Gasteiger partial charge in [0.2, 0.25) is 5.91 Å². The van der Waals surface area contributed by atoms with Gasteiger partial charge in [0.15, 0.2) is 5.58 Å². The lowest BCUT2D eigenvalue weighted by molar-refractivity contribution is -0.125. The number of oxazole rings is 1. The van der Waals surface area contributed by atoms with Gasteiger partial charge in [0.1, 0.15) is 11.3 Å². The maximum absolute atomic E-state index is 12.7. The molecule has 0 bridgehead atoms. The molecule has 0 saturated carbocycles. The van der Waals surface area contributed by atoms with E-state index in [4.69, 9.17) is 16.0 Å². The Hall–Kier alpha value is -2.54. The fourth-order valence-corrected chi connectivity index (χ4v) is 3.82. The molecule has 2 aromatic heterocycles. The Morgan fingerprint density at radius 2 is 2.32 bits per heavy atom. The second kappa shape index (κ2) is 8.22. The van der Waals surface area contributed by atoms with Gasteiger partial charge < -0.3 is 19.2 Å². The Labute approximate surface area is 168 Å². The van der Waals surface area contributed by atoms with Crippen LogP contribution < -0.4 is 10.2 Å². The van der Waals surface area contributed by atoms with E-state index in [1.54, 1.807) is 18.3 Å². The molecule has 0 spiro atoms. The number of piperidine rings is 1. The predicted molar refractivity (Wildman–Crippen MR) is 108 cm³/mol. The minimum absolute atomic E-state index is 0.0508. The first-order valence-corrected chi connectivity index (χ1v) is 10.1. The van der Waals surface area contributed by atoms with Gasteiger partial charge in [0.05, 0.1) is 12.5 Å². The van der Waals surface area contributed by atoms with Crippen molar-refractivity contribution < 1.29 is 9.21 Å². The minimum Gasteiger partial charge on any atom is -0.423 e. The number of halogens is 1. The van der Waals surface area contributed by atoms with Gasteiger partial charge in [-0.2, -0.15) is 4.98 Å². The lowest BCUT2D eigenvalue weighted by Crippen LogP contribution is -2.43. The number of hydrogen-bond donors (Lipinski definition) is 1. The molecular weight excluding hydrogens is 378 g/mol. The van der Waals surface area contributed by atoms with Gasteiger partial charge in [0, 0.05) is 37.1 Å². The molecule has 148 valence electrons. The summed E-state index contributed by atoms with van der Waals surface area (Å²) in [4.78, 5) is 23.6. The van der Waals surface area contributed by atoms with Crippen molar-refractivity contribution in [2.45, 2.75) is 39.3 Å². The zero-order chi connectivity index (χ0) is 19.5. The van der Waals surface area contributed by atoms with E-state index in [1.165, 1.54) is 0 Å². The number of nitrogens with one attached hydrogen (secondary N) is 1. The number of benzene rings is 1. The number of fused-ring (bicyclic) bond motifs is 1. The Morgan fingerprint density at radius 3 is 3.18 bits per heavy atom. The molecule has 1 aliphatic heterocycles. The summed E-state index contributed by atoms with van der Waals surface area (Å²) in [6.07, 6.45) is 6.54. The Bertz CT molecular complexity index is 967.